The monoisotopic (exact) mass is 293 g/mol. The standard InChI is InChI=1S/C13H15N3O3S/c1-3-11-12(14)15-8-16-13(11)19-9-5-4-6-10(7-9)20(2,17)18/h4-8H,3H2,1-2H3,(H2,14,15,16). The van der Waals surface area contributed by atoms with Gasteiger partial charge in [-0.2, -0.15) is 0 Å². The minimum absolute atomic E-state index is 0.190. The minimum atomic E-state index is -3.28. The number of hydrogen-bond acceptors (Lipinski definition) is 6. The number of benzene rings is 1. The van der Waals surface area contributed by atoms with E-state index in [9.17, 15) is 8.42 Å². The lowest BCUT2D eigenvalue weighted by molar-refractivity contribution is 0.454. The summed E-state index contributed by atoms with van der Waals surface area (Å²) in [4.78, 5) is 8.12. The van der Waals surface area contributed by atoms with Gasteiger partial charge in [0, 0.05) is 6.26 Å². The molecule has 1 aromatic carbocycles. The fraction of sp³-hybridized carbons (Fsp3) is 0.231. The van der Waals surface area contributed by atoms with Crippen molar-refractivity contribution in [3.8, 4) is 11.6 Å². The van der Waals surface area contributed by atoms with Crippen molar-refractivity contribution in [3.63, 3.8) is 0 Å². The molecule has 6 nitrogen and oxygen atoms in total. The SMILES string of the molecule is CCc1c(N)ncnc1Oc1cccc(S(C)(=O)=O)c1. The van der Waals surface area contributed by atoms with Crippen molar-refractivity contribution >= 4 is 15.7 Å². The van der Waals surface area contributed by atoms with Crippen LogP contribution in [0.3, 0.4) is 0 Å². The zero-order valence-electron chi connectivity index (χ0n) is 11.2. The molecule has 0 saturated carbocycles. The number of ether oxygens (including phenoxy) is 1. The Labute approximate surface area is 117 Å². The van der Waals surface area contributed by atoms with E-state index in [1.165, 1.54) is 18.5 Å². The quantitative estimate of drug-likeness (QED) is 0.923. The first kappa shape index (κ1) is 14.3. The zero-order valence-corrected chi connectivity index (χ0v) is 12.0. The summed E-state index contributed by atoms with van der Waals surface area (Å²) in [5, 5.41) is 0. The van der Waals surface area contributed by atoms with Crippen LogP contribution in [0.2, 0.25) is 0 Å². The second-order valence-electron chi connectivity index (χ2n) is 4.25. The Morgan fingerprint density at radius 3 is 2.70 bits per heavy atom. The molecule has 0 atom stereocenters. The number of aromatic nitrogens is 2. The van der Waals surface area contributed by atoms with Gasteiger partial charge in [-0.1, -0.05) is 13.0 Å². The first-order chi connectivity index (χ1) is 9.41. The number of hydrogen-bond donors (Lipinski definition) is 1. The van der Waals surface area contributed by atoms with Gasteiger partial charge in [-0.25, -0.2) is 18.4 Å². The summed E-state index contributed by atoms with van der Waals surface area (Å²) in [6.07, 6.45) is 3.07. The van der Waals surface area contributed by atoms with E-state index in [0.29, 0.717) is 29.4 Å². The molecule has 0 saturated heterocycles. The van der Waals surface area contributed by atoms with Crippen LogP contribution in [-0.4, -0.2) is 24.6 Å². The highest BCUT2D eigenvalue weighted by Gasteiger charge is 2.12. The minimum Gasteiger partial charge on any atom is -0.439 e. The van der Waals surface area contributed by atoms with Gasteiger partial charge in [0.15, 0.2) is 9.84 Å². The third-order valence-electron chi connectivity index (χ3n) is 2.74. The third-order valence-corrected chi connectivity index (χ3v) is 3.85. The maximum atomic E-state index is 11.5. The second-order valence-corrected chi connectivity index (χ2v) is 6.26. The predicted molar refractivity (Wildman–Crippen MR) is 75.4 cm³/mol. The van der Waals surface area contributed by atoms with Crippen LogP contribution in [0.5, 0.6) is 11.6 Å². The largest absolute Gasteiger partial charge is 0.439 e. The van der Waals surface area contributed by atoms with E-state index >= 15 is 0 Å². The topological polar surface area (TPSA) is 95.2 Å². The second kappa shape index (κ2) is 5.46. The molecule has 0 unspecified atom stereocenters. The van der Waals surface area contributed by atoms with Crippen molar-refractivity contribution in [3.05, 3.63) is 36.2 Å². The summed E-state index contributed by atoms with van der Waals surface area (Å²) in [5.41, 5.74) is 6.45. The smallest absolute Gasteiger partial charge is 0.227 e. The van der Waals surface area contributed by atoms with Crippen LogP contribution < -0.4 is 10.5 Å². The van der Waals surface area contributed by atoms with Gasteiger partial charge in [0.1, 0.15) is 17.9 Å². The lowest BCUT2D eigenvalue weighted by Gasteiger charge is -2.10. The highest BCUT2D eigenvalue weighted by Crippen LogP contribution is 2.27. The molecule has 0 spiro atoms. The lowest BCUT2D eigenvalue weighted by Crippen LogP contribution is -2.02. The van der Waals surface area contributed by atoms with E-state index < -0.39 is 9.84 Å². The number of sulfone groups is 1. The van der Waals surface area contributed by atoms with Crippen LogP contribution in [-0.2, 0) is 16.3 Å². The average molecular weight is 293 g/mol. The Hall–Kier alpha value is -2.15. The number of nitrogens with two attached hydrogens (primary N) is 1. The first-order valence-corrected chi connectivity index (χ1v) is 7.88. The molecular formula is C13H15N3O3S. The summed E-state index contributed by atoms with van der Waals surface area (Å²) in [6, 6.07) is 6.23. The van der Waals surface area contributed by atoms with Gasteiger partial charge < -0.3 is 10.5 Å². The summed E-state index contributed by atoms with van der Waals surface area (Å²) in [7, 11) is -3.28. The van der Waals surface area contributed by atoms with Crippen molar-refractivity contribution in [2.75, 3.05) is 12.0 Å². The van der Waals surface area contributed by atoms with Gasteiger partial charge in [0.2, 0.25) is 5.88 Å². The zero-order chi connectivity index (χ0) is 14.8. The molecule has 0 aliphatic carbocycles. The number of rotatable bonds is 4. The molecule has 0 aliphatic rings. The fourth-order valence-electron chi connectivity index (χ4n) is 1.71. The van der Waals surface area contributed by atoms with Crippen molar-refractivity contribution in [1.29, 1.82) is 0 Å². The van der Waals surface area contributed by atoms with Gasteiger partial charge in [-0.05, 0) is 24.6 Å². The number of nitrogen functional groups attached to an aromatic ring is 1. The van der Waals surface area contributed by atoms with Crippen molar-refractivity contribution < 1.29 is 13.2 Å². The van der Waals surface area contributed by atoms with Gasteiger partial charge in [0.05, 0.1) is 10.5 Å². The van der Waals surface area contributed by atoms with E-state index in [1.807, 2.05) is 6.92 Å². The van der Waals surface area contributed by atoms with Crippen molar-refractivity contribution in [1.82, 2.24) is 9.97 Å². The summed E-state index contributed by atoms with van der Waals surface area (Å²) < 4.78 is 28.6. The first-order valence-electron chi connectivity index (χ1n) is 5.99. The lowest BCUT2D eigenvalue weighted by atomic mass is 10.2. The molecule has 0 aliphatic heterocycles. The summed E-state index contributed by atoms with van der Waals surface area (Å²) in [5.74, 6) is 1.09. The molecule has 2 N–H and O–H groups in total. The van der Waals surface area contributed by atoms with Crippen LogP contribution in [0.4, 0.5) is 5.82 Å². The van der Waals surface area contributed by atoms with Gasteiger partial charge in [-0.15, -0.1) is 0 Å². The van der Waals surface area contributed by atoms with Crippen LogP contribution in [0, 0.1) is 0 Å². The molecule has 7 heteroatoms. The normalized spacial score (nSPS) is 11.3. The molecular weight excluding hydrogens is 278 g/mol. The van der Waals surface area contributed by atoms with E-state index in [2.05, 4.69) is 9.97 Å². The summed E-state index contributed by atoms with van der Waals surface area (Å²) >= 11 is 0. The number of anilines is 1. The van der Waals surface area contributed by atoms with Gasteiger partial charge in [0.25, 0.3) is 0 Å². The van der Waals surface area contributed by atoms with E-state index in [4.69, 9.17) is 10.5 Å². The molecule has 2 aromatic rings. The Kier molecular flexibility index (Phi) is 3.89. The molecule has 0 fully saturated rings. The highest BCUT2D eigenvalue weighted by atomic mass is 32.2. The molecule has 0 amide bonds. The Morgan fingerprint density at radius 2 is 2.05 bits per heavy atom. The molecule has 1 heterocycles. The van der Waals surface area contributed by atoms with E-state index in [-0.39, 0.29) is 4.90 Å². The Bertz CT molecular complexity index is 729. The van der Waals surface area contributed by atoms with Gasteiger partial charge in [-0.3, -0.25) is 0 Å². The van der Waals surface area contributed by atoms with Crippen LogP contribution in [0.15, 0.2) is 35.5 Å². The summed E-state index contributed by atoms with van der Waals surface area (Å²) in [6.45, 7) is 1.91. The van der Waals surface area contributed by atoms with Gasteiger partial charge >= 0.3 is 0 Å². The van der Waals surface area contributed by atoms with Crippen LogP contribution in [0.25, 0.3) is 0 Å². The molecule has 0 radical (unpaired) electrons. The third kappa shape index (κ3) is 3.05. The molecule has 2 rings (SSSR count). The van der Waals surface area contributed by atoms with E-state index in [1.54, 1.807) is 12.1 Å². The maximum absolute atomic E-state index is 11.5. The number of nitrogens with zero attached hydrogens (tertiary/aromatic N) is 2. The molecule has 0 bridgehead atoms. The maximum Gasteiger partial charge on any atom is 0.227 e. The highest BCUT2D eigenvalue weighted by molar-refractivity contribution is 7.90. The fourth-order valence-corrected chi connectivity index (χ4v) is 2.37. The average Bonchev–Trinajstić information content (AvgIpc) is 2.38. The van der Waals surface area contributed by atoms with E-state index in [0.717, 1.165) is 6.26 Å². The van der Waals surface area contributed by atoms with Crippen LogP contribution in [0.1, 0.15) is 12.5 Å². The predicted octanol–water partition coefficient (Wildman–Crippen LogP) is 1.82. The van der Waals surface area contributed by atoms with Crippen molar-refractivity contribution in [2.24, 2.45) is 0 Å². The molecule has 20 heavy (non-hydrogen) atoms. The Balaban J connectivity index is 2.38. The molecule has 106 valence electrons. The van der Waals surface area contributed by atoms with Crippen LogP contribution >= 0.6 is 0 Å². The van der Waals surface area contributed by atoms with Crippen molar-refractivity contribution in [2.45, 2.75) is 18.2 Å². The molecule has 1 aromatic heterocycles. The Morgan fingerprint density at radius 1 is 1.30 bits per heavy atom.